The summed E-state index contributed by atoms with van der Waals surface area (Å²) in [5.41, 5.74) is 2.70. The Morgan fingerprint density at radius 3 is 3.11 bits per heavy atom. The average Bonchev–Trinajstić information content (AvgIpc) is 2.94. The minimum absolute atomic E-state index is 0.325. The van der Waals surface area contributed by atoms with Crippen molar-refractivity contribution >= 4 is 27.9 Å². The van der Waals surface area contributed by atoms with Crippen LogP contribution >= 0.6 is 22.9 Å². The van der Waals surface area contributed by atoms with Crippen LogP contribution in [0, 0.1) is 6.92 Å². The molecule has 5 nitrogen and oxygen atoms in total. The van der Waals surface area contributed by atoms with E-state index in [1.807, 2.05) is 25.1 Å². The maximum absolute atomic E-state index is 5.95. The van der Waals surface area contributed by atoms with Crippen molar-refractivity contribution in [2.24, 2.45) is 0 Å². The molecule has 2 heterocycles. The van der Waals surface area contributed by atoms with Crippen molar-refractivity contribution in [2.75, 3.05) is 0 Å². The summed E-state index contributed by atoms with van der Waals surface area (Å²) >= 11 is 7.39. The lowest BCUT2D eigenvalue weighted by atomic mass is 10.2. The predicted octanol–water partition coefficient (Wildman–Crippen LogP) is 2.73. The predicted molar refractivity (Wildman–Crippen MR) is 69.2 cm³/mol. The molecule has 0 spiro atoms. The van der Waals surface area contributed by atoms with Gasteiger partial charge in [-0.05, 0) is 30.7 Å². The number of rotatable bonds is 3. The third-order valence-electron chi connectivity index (χ3n) is 2.49. The second-order valence-electron chi connectivity index (χ2n) is 3.75. The molecule has 0 atom stereocenters. The van der Waals surface area contributed by atoms with E-state index in [0.29, 0.717) is 12.4 Å². The first kappa shape index (κ1) is 11.4. The highest BCUT2D eigenvalue weighted by atomic mass is 35.5. The van der Waals surface area contributed by atoms with E-state index in [4.69, 9.17) is 16.3 Å². The summed E-state index contributed by atoms with van der Waals surface area (Å²) in [7, 11) is 0. The molecule has 1 aromatic carbocycles. The molecular weight excluding hydrogens is 272 g/mol. The van der Waals surface area contributed by atoms with Crippen molar-refractivity contribution in [3.05, 3.63) is 40.1 Å². The summed E-state index contributed by atoms with van der Waals surface area (Å²) in [6, 6.07) is 5.53. The SMILES string of the molecule is Cc1cc(OCc2nnc3scnn23)ccc1Cl. The van der Waals surface area contributed by atoms with Gasteiger partial charge in [0.2, 0.25) is 4.96 Å². The third kappa shape index (κ3) is 2.04. The molecule has 0 aliphatic rings. The van der Waals surface area contributed by atoms with Gasteiger partial charge in [-0.25, -0.2) is 0 Å². The molecule has 0 amide bonds. The van der Waals surface area contributed by atoms with Gasteiger partial charge in [0.15, 0.2) is 5.82 Å². The fraction of sp³-hybridized carbons (Fsp3) is 0.182. The lowest BCUT2D eigenvalue weighted by molar-refractivity contribution is 0.292. The van der Waals surface area contributed by atoms with Gasteiger partial charge in [-0.3, -0.25) is 0 Å². The van der Waals surface area contributed by atoms with Crippen molar-refractivity contribution < 1.29 is 4.74 Å². The Bertz CT molecular complexity index is 693. The minimum atomic E-state index is 0.325. The number of aryl methyl sites for hydroxylation is 1. The van der Waals surface area contributed by atoms with Gasteiger partial charge < -0.3 is 4.74 Å². The molecule has 0 radical (unpaired) electrons. The molecule has 0 unspecified atom stereocenters. The quantitative estimate of drug-likeness (QED) is 0.740. The maximum Gasteiger partial charge on any atom is 0.234 e. The van der Waals surface area contributed by atoms with E-state index in [1.54, 1.807) is 10.0 Å². The van der Waals surface area contributed by atoms with Crippen LogP contribution in [-0.4, -0.2) is 19.8 Å². The Morgan fingerprint density at radius 1 is 1.39 bits per heavy atom. The van der Waals surface area contributed by atoms with Gasteiger partial charge in [0.1, 0.15) is 17.9 Å². The molecule has 7 heteroatoms. The van der Waals surface area contributed by atoms with Gasteiger partial charge in [0, 0.05) is 5.02 Å². The van der Waals surface area contributed by atoms with E-state index in [-0.39, 0.29) is 0 Å². The van der Waals surface area contributed by atoms with Gasteiger partial charge in [0.05, 0.1) is 0 Å². The van der Waals surface area contributed by atoms with E-state index >= 15 is 0 Å². The summed E-state index contributed by atoms with van der Waals surface area (Å²) in [4.78, 5) is 0.765. The summed E-state index contributed by atoms with van der Waals surface area (Å²) in [5.74, 6) is 1.43. The van der Waals surface area contributed by atoms with E-state index in [9.17, 15) is 0 Å². The van der Waals surface area contributed by atoms with E-state index in [0.717, 1.165) is 21.3 Å². The third-order valence-corrected chi connectivity index (χ3v) is 3.58. The number of nitrogens with zero attached hydrogens (tertiary/aromatic N) is 4. The first-order valence-electron chi connectivity index (χ1n) is 5.27. The molecule has 0 N–H and O–H groups in total. The highest BCUT2D eigenvalue weighted by molar-refractivity contribution is 7.14. The molecule has 3 aromatic rings. The van der Waals surface area contributed by atoms with Crippen molar-refractivity contribution in [3.63, 3.8) is 0 Å². The number of benzene rings is 1. The summed E-state index contributed by atoms with van der Waals surface area (Å²) in [6.07, 6.45) is 0. The summed E-state index contributed by atoms with van der Waals surface area (Å²) < 4.78 is 7.32. The van der Waals surface area contributed by atoms with Crippen molar-refractivity contribution in [1.82, 2.24) is 19.8 Å². The number of aromatic nitrogens is 4. The standard InChI is InChI=1S/C11H9ClN4OS/c1-7-4-8(2-3-9(7)12)17-5-10-14-15-11-16(10)13-6-18-11/h2-4,6H,5H2,1H3. The second kappa shape index (κ2) is 4.55. The van der Waals surface area contributed by atoms with Gasteiger partial charge in [-0.2, -0.15) is 9.61 Å². The van der Waals surface area contributed by atoms with Gasteiger partial charge >= 0.3 is 0 Å². The smallest absolute Gasteiger partial charge is 0.234 e. The monoisotopic (exact) mass is 280 g/mol. The maximum atomic E-state index is 5.95. The molecular formula is C11H9ClN4OS. The Morgan fingerprint density at radius 2 is 2.28 bits per heavy atom. The van der Waals surface area contributed by atoms with Crippen molar-refractivity contribution in [3.8, 4) is 5.75 Å². The summed E-state index contributed by atoms with van der Waals surface area (Å²) in [5, 5.41) is 12.9. The van der Waals surface area contributed by atoms with Gasteiger partial charge in [0.25, 0.3) is 0 Å². The number of hydrogen-bond acceptors (Lipinski definition) is 5. The van der Waals surface area contributed by atoms with Crippen LogP contribution < -0.4 is 4.74 Å². The second-order valence-corrected chi connectivity index (χ2v) is 4.97. The van der Waals surface area contributed by atoms with Crippen LogP contribution in [0.1, 0.15) is 11.4 Å². The molecule has 0 saturated carbocycles. The van der Waals surface area contributed by atoms with E-state index in [1.165, 1.54) is 11.3 Å². The zero-order chi connectivity index (χ0) is 12.5. The first-order valence-corrected chi connectivity index (χ1v) is 6.52. The van der Waals surface area contributed by atoms with Crippen LogP contribution in [0.5, 0.6) is 5.75 Å². The molecule has 0 saturated heterocycles. The number of halogens is 1. The molecule has 0 fully saturated rings. The first-order chi connectivity index (χ1) is 8.74. The zero-order valence-electron chi connectivity index (χ0n) is 9.50. The van der Waals surface area contributed by atoms with Gasteiger partial charge in [-0.1, -0.05) is 22.9 Å². The van der Waals surface area contributed by atoms with Crippen molar-refractivity contribution in [1.29, 1.82) is 0 Å². The molecule has 92 valence electrons. The number of fused-ring (bicyclic) bond motifs is 1. The van der Waals surface area contributed by atoms with Crippen LogP contribution in [0.15, 0.2) is 23.7 Å². The molecule has 0 bridgehead atoms. The van der Waals surface area contributed by atoms with Crippen LogP contribution in [0.4, 0.5) is 0 Å². The highest BCUT2D eigenvalue weighted by Gasteiger charge is 2.08. The van der Waals surface area contributed by atoms with E-state index in [2.05, 4.69) is 15.3 Å². The molecule has 18 heavy (non-hydrogen) atoms. The molecule has 0 aliphatic carbocycles. The van der Waals surface area contributed by atoms with Crippen molar-refractivity contribution in [2.45, 2.75) is 13.5 Å². The number of hydrogen-bond donors (Lipinski definition) is 0. The minimum Gasteiger partial charge on any atom is -0.486 e. The molecule has 3 rings (SSSR count). The fourth-order valence-corrected chi connectivity index (χ4v) is 2.24. The Balaban J connectivity index is 1.78. The zero-order valence-corrected chi connectivity index (χ0v) is 11.1. The van der Waals surface area contributed by atoms with Crippen LogP contribution in [0.2, 0.25) is 5.02 Å². The Hall–Kier alpha value is -1.66. The Labute approximate surface area is 112 Å². The lowest BCUT2D eigenvalue weighted by Gasteiger charge is -2.05. The molecule has 0 aliphatic heterocycles. The van der Waals surface area contributed by atoms with Gasteiger partial charge in [-0.15, -0.1) is 10.2 Å². The normalized spacial score (nSPS) is 11.0. The van der Waals surface area contributed by atoms with Crippen LogP contribution in [-0.2, 0) is 6.61 Å². The largest absolute Gasteiger partial charge is 0.486 e. The average molecular weight is 281 g/mol. The van der Waals surface area contributed by atoms with Crippen LogP contribution in [0.3, 0.4) is 0 Å². The fourth-order valence-electron chi connectivity index (χ4n) is 1.55. The topological polar surface area (TPSA) is 52.3 Å². The molecule has 2 aromatic heterocycles. The Kier molecular flexibility index (Phi) is 2.89. The van der Waals surface area contributed by atoms with Crippen LogP contribution in [0.25, 0.3) is 4.96 Å². The highest BCUT2D eigenvalue weighted by Crippen LogP contribution is 2.21. The summed E-state index contributed by atoms with van der Waals surface area (Å²) in [6.45, 7) is 2.26. The number of ether oxygens (including phenoxy) is 1. The van der Waals surface area contributed by atoms with E-state index < -0.39 is 0 Å². The lowest BCUT2D eigenvalue weighted by Crippen LogP contribution is -2.02.